The topological polar surface area (TPSA) is 125 Å². The molecule has 0 saturated carbocycles. The van der Waals surface area contributed by atoms with Gasteiger partial charge in [0.05, 0.1) is 31.1 Å². The molecule has 0 unspecified atom stereocenters. The molecule has 1 atom stereocenters. The molecule has 1 aliphatic rings. The van der Waals surface area contributed by atoms with Crippen molar-refractivity contribution in [1.29, 1.82) is 0 Å². The highest BCUT2D eigenvalue weighted by Gasteiger charge is 2.26. The quantitative estimate of drug-likeness (QED) is 0.431. The first-order valence-corrected chi connectivity index (χ1v) is 10.6. The molecule has 33 heavy (non-hydrogen) atoms. The fraction of sp³-hybridized carbons (Fsp3) is 0.375. The van der Waals surface area contributed by atoms with Gasteiger partial charge in [-0.2, -0.15) is 0 Å². The van der Waals surface area contributed by atoms with Crippen LogP contribution in [-0.4, -0.2) is 36.5 Å². The minimum absolute atomic E-state index is 0.441. The van der Waals surface area contributed by atoms with E-state index in [1.54, 1.807) is 45.0 Å². The molecule has 0 saturated heterocycles. The number of carbonyl (C=O) groups excluding carboxylic acids is 2. The average molecular weight is 455 g/mol. The summed E-state index contributed by atoms with van der Waals surface area (Å²) in [6.45, 7) is 9.73. The van der Waals surface area contributed by atoms with Gasteiger partial charge in [-0.25, -0.2) is 9.59 Å². The maximum absolute atomic E-state index is 12.4. The van der Waals surface area contributed by atoms with E-state index in [4.69, 9.17) is 20.2 Å². The van der Waals surface area contributed by atoms with E-state index in [-0.39, 0.29) is 0 Å². The van der Waals surface area contributed by atoms with Crippen LogP contribution in [0.2, 0.25) is 0 Å². The normalized spacial score (nSPS) is 13.3. The van der Waals surface area contributed by atoms with Crippen LogP contribution in [0.4, 0.5) is 21.0 Å². The van der Waals surface area contributed by atoms with Gasteiger partial charge in [0.1, 0.15) is 11.4 Å². The Balaban J connectivity index is 1.99. The lowest BCUT2D eigenvalue weighted by Gasteiger charge is -2.23. The number of pyridine rings is 1. The molecule has 0 bridgehead atoms. The van der Waals surface area contributed by atoms with Crippen LogP contribution in [0.5, 0.6) is 5.75 Å². The molecule has 1 aliphatic heterocycles. The maximum atomic E-state index is 12.4. The summed E-state index contributed by atoms with van der Waals surface area (Å²) < 4.78 is 15.9. The van der Waals surface area contributed by atoms with E-state index in [1.807, 2.05) is 6.07 Å². The zero-order chi connectivity index (χ0) is 24.2. The van der Waals surface area contributed by atoms with Gasteiger partial charge in [0.15, 0.2) is 0 Å². The van der Waals surface area contributed by atoms with Gasteiger partial charge in [-0.15, -0.1) is 6.58 Å². The SMILES string of the molecule is C=CC[C@H](NC(=O)OC(C)(C)C)c1cc(-c2ccc(NC(=O)OC)cc2N)c2c(n1)CCO2. The minimum Gasteiger partial charge on any atom is -0.491 e. The molecular weight excluding hydrogens is 424 g/mol. The molecule has 2 heterocycles. The third-order valence-corrected chi connectivity index (χ3v) is 4.87. The number of aromatic nitrogens is 1. The van der Waals surface area contributed by atoms with Gasteiger partial charge in [0.25, 0.3) is 0 Å². The van der Waals surface area contributed by atoms with Crippen LogP contribution in [0.15, 0.2) is 36.9 Å². The van der Waals surface area contributed by atoms with E-state index in [1.165, 1.54) is 7.11 Å². The molecule has 3 rings (SSSR count). The van der Waals surface area contributed by atoms with E-state index in [0.717, 1.165) is 16.8 Å². The van der Waals surface area contributed by atoms with E-state index < -0.39 is 23.8 Å². The molecule has 1 aromatic carbocycles. The Morgan fingerprint density at radius 3 is 2.67 bits per heavy atom. The van der Waals surface area contributed by atoms with Crippen LogP contribution in [0.1, 0.15) is 44.6 Å². The number of methoxy groups -OCH3 is 1. The largest absolute Gasteiger partial charge is 0.491 e. The van der Waals surface area contributed by atoms with Crippen LogP contribution in [0.3, 0.4) is 0 Å². The van der Waals surface area contributed by atoms with Gasteiger partial charge in [0.2, 0.25) is 0 Å². The molecule has 0 fully saturated rings. The summed E-state index contributed by atoms with van der Waals surface area (Å²) in [7, 11) is 1.29. The smallest absolute Gasteiger partial charge is 0.411 e. The summed E-state index contributed by atoms with van der Waals surface area (Å²) in [5.74, 6) is 0.661. The highest BCUT2D eigenvalue weighted by molar-refractivity contribution is 5.89. The number of hydrogen-bond donors (Lipinski definition) is 3. The first kappa shape index (κ1) is 23.9. The van der Waals surface area contributed by atoms with E-state index in [0.29, 0.717) is 42.3 Å². The fourth-order valence-corrected chi connectivity index (χ4v) is 3.49. The number of alkyl carbamates (subject to hydrolysis) is 1. The van der Waals surface area contributed by atoms with Gasteiger partial charge < -0.3 is 25.3 Å². The number of anilines is 2. The summed E-state index contributed by atoms with van der Waals surface area (Å²) in [6.07, 6.45) is 1.70. The zero-order valence-corrected chi connectivity index (χ0v) is 19.4. The van der Waals surface area contributed by atoms with Crippen molar-refractivity contribution >= 4 is 23.6 Å². The number of nitrogens with one attached hydrogen (secondary N) is 2. The molecule has 4 N–H and O–H groups in total. The predicted octanol–water partition coefficient (Wildman–Crippen LogP) is 4.59. The minimum atomic E-state index is -0.623. The number of nitrogen functional groups attached to an aromatic ring is 1. The molecule has 0 radical (unpaired) electrons. The number of hydrogen-bond acceptors (Lipinski definition) is 7. The lowest BCUT2D eigenvalue weighted by Crippen LogP contribution is -2.35. The summed E-state index contributed by atoms with van der Waals surface area (Å²) in [5, 5.41) is 5.48. The van der Waals surface area contributed by atoms with Crippen molar-refractivity contribution in [2.45, 2.75) is 45.3 Å². The highest BCUT2D eigenvalue weighted by atomic mass is 16.6. The van der Waals surface area contributed by atoms with Crippen LogP contribution < -0.4 is 21.1 Å². The number of benzene rings is 1. The lowest BCUT2D eigenvalue weighted by molar-refractivity contribution is 0.0503. The number of nitrogens with zero attached hydrogens (tertiary/aromatic N) is 1. The number of amides is 2. The Kier molecular flexibility index (Phi) is 7.10. The standard InChI is InChI=1S/C24H30N4O5/c1-6-7-18(28-23(30)33-24(2,3)4)20-13-16(21-19(27-20)10-11-32-21)15-9-8-14(12-17(15)25)26-22(29)31-5/h6,8-9,12-13,18H,1,7,10-11,25H2,2-5H3,(H,26,29)(H,28,30)/t18-/m0/s1. The van der Waals surface area contributed by atoms with Gasteiger partial charge in [-0.05, 0) is 45.4 Å². The van der Waals surface area contributed by atoms with Gasteiger partial charge >= 0.3 is 12.2 Å². The van der Waals surface area contributed by atoms with Gasteiger partial charge in [-0.3, -0.25) is 10.3 Å². The molecule has 2 aromatic rings. The van der Waals surface area contributed by atoms with Crippen molar-refractivity contribution in [3.05, 3.63) is 48.3 Å². The first-order chi connectivity index (χ1) is 15.6. The summed E-state index contributed by atoms with van der Waals surface area (Å²) in [5.41, 5.74) is 9.57. The lowest BCUT2D eigenvalue weighted by atomic mass is 9.98. The number of ether oxygens (including phenoxy) is 3. The number of nitrogens with two attached hydrogens (primary N) is 1. The summed E-state index contributed by atoms with van der Waals surface area (Å²) in [6, 6.07) is 6.58. The summed E-state index contributed by atoms with van der Waals surface area (Å²) >= 11 is 0. The number of rotatable bonds is 6. The van der Waals surface area contributed by atoms with Crippen molar-refractivity contribution < 1.29 is 23.8 Å². The molecule has 0 spiro atoms. The molecule has 1 aromatic heterocycles. The Labute approximate surface area is 193 Å². The van der Waals surface area contributed by atoms with Crippen molar-refractivity contribution in [3.63, 3.8) is 0 Å². The highest BCUT2D eigenvalue weighted by Crippen LogP contribution is 2.41. The van der Waals surface area contributed by atoms with E-state index in [2.05, 4.69) is 21.9 Å². The van der Waals surface area contributed by atoms with Crippen molar-refractivity contribution in [3.8, 4) is 16.9 Å². The van der Waals surface area contributed by atoms with E-state index >= 15 is 0 Å². The summed E-state index contributed by atoms with van der Waals surface area (Å²) in [4.78, 5) is 28.7. The Bertz CT molecular complexity index is 1060. The van der Waals surface area contributed by atoms with Gasteiger partial charge in [-0.1, -0.05) is 12.1 Å². The molecule has 2 amide bonds. The van der Waals surface area contributed by atoms with Crippen LogP contribution in [-0.2, 0) is 15.9 Å². The predicted molar refractivity (Wildman–Crippen MR) is 126 cm³/mol. The Morgan fingerprint density at radius 1 is 1.27 bits per heavy atom. The Hall–Kier alpha value is -3.75. The second-order valence-corrected chi connectivity index (χ2v) is 8.61. The number of fused-ring (bicyclic) bond motifs is 1. The fourth-order valence-electron chi connectivity index (χ4n) is 3.49. The first-order valence-electron chi connectivity index (χ1n) is 10.6. The van der Waals surface area contributed by atoms with Gasteiger partial charge in [0, 0.05) is 28.9 Å². The second-order valence-electron chi connectivity index (χ2n) is 8.61. The van der Waals surface area contributed by atoms with Crippen molar-refractivity contribution in [1.82, 2.24) is 10.3 Å². The molecule has 0 aliphatic carbocycles. The third-order valence-electron chi connectivity index (χ3n) is 4.87. The van der Waals surface area contributed by atoms with Crippen LogP contribution >= 0.6 is 0 Å². The monoisotopic (exact) mass is 454 g/mol. The van der Waals surface area contributed by atoms with Crippen molar-refractivity contribution in [2.75, 3.05) is 24.8 Å². The zero-order valence-electron chi connectivity index (χ0n) is 19.4. The van der Waals surface area contributed by atoms with Crippen LogP contribution in [0, 0.1) is 0 Å². The van der Waals surface area contributed by atoms with E-state index in [9.17, 15) is 9.59 Å². The molecule has 9 nitrogen and oxygen atoms in total. The maximum Gasteiger partial charge on any atom is 0.411 e. The number of carbonyl (C=O) groups is 2. The molecule has 9 heteroatoms. The average Bonchev–Trinajstić information content (AvgIpc) is 3.20. The van der Waals surface area contributed by atoms with Crippen LogP contribution in [0.25, 0.3) is 11.1 Å². The van der Waals surface area contributed by atoms with Crippen molar-refractivity contribution in [2.24, 2.45) is 0 Å². The third kappa shape index (κ3) is 5.94. The second kappa shape index (κ2) is 9.81. The molecular formula is C24H30N4O5. The Morgan fingerprint density at radius 2 is 2.03 bits per heavy atom. The molecule has 176 valence electrons.